The topological polar surface area (TPSA) is 49.3 Å². The molecule has 2 rings (SSSR count). The number of hydrogen-bond acceptors (Lipinski definition) is 3. The molecule has 0 radical (unpaired) electrons. The number of aryl methyl sites for hydroxylation is 1. The van der Waals surface area contributed by atoms with Crippen molar-refractivity contribution in [3.8, 4) is 0 Å². The highest BCUT2D eigenvalue weighted by Crippen LogP contribution is 2.32. The van der Waals surface area contributed by atoms with E-state index >= 15 is 0 Å². The molecule has 18 heavy (non-hydrogen) atoms. The maximum atomic E-state index is 12.0. The summed E-state index contributed by atoms with van der Waals surface area (Å²) >= 11 is 1.62. The van der Waals surface area contributed by atoms with Crippen LogP contribution in [0.2, 0.25) is 0 Å². The molecule has 0 aliphatic heterocycles. The summed E-state index contributed by atoms with van der Waals surface area (Å²) in [6.45, 7) is 2.28. The highest BCUT2D eigenvalue weighted by Gasteiger charge is 2.29. The van der Waals surface area contributed by atoms with E-state index in [-0.39, 0.29) is 5.91 Å². The third kappa shape index (κ3) is 3.27. The first-order valence-corrected chi connectivity index (χ1v) is 7.45. The fourth-order valence-electron chi connectivity index (χ4n) is 1.91. The maximum Gasteiger partial charge on any atom is 0.251 e. The Bertz CT molecular complexity index is 443. The number of thioether (sulfide) groups is 1. The van der Waals surface area contributed by atoms with E-state index in [9.17, 15) is 9.90 Å². The Morgan fingerprint density at radius 1 is 1.56 bits per heavy atom. The predicted molar refractivity (Wildman–Crippen MR) is 74.0 cm³/mol. The Hall–Kier alpha value is -1.00. The summed E-state index contributed by atoms with van der Waals surface area (Å²) in [5.74, 6) is 0.298. The summed E-state index contributed by atoms with van der Waals surface area (Å²) in [5.41, 5.74) is 1.66. The van der Waals surface area contributed by atoms with Crippen LogP contribution in [0.15, 0.2) is 23.1 Å². The van der Waals surface area contributed by atoms with Crippen LogP contribution in [0.1, 0.15) is 28.8 Å². The van der Waals surface area contributed by atoms with Crippen LogP contribution in [-0.2, 0) is 0 Å². The van der Waals surface area contributed by atoms with Crippen molar-refractivity contribution in [2.24, 2.45) is 5.92 Å². The lowest BCUT2D eigenvalue weighted by Gasteiger charge is -2.12. The van der Waals surface area contributed by atoms with Gasteiger partial charge in [0.1, 0.15) is 0 Å². The van der Waals surface area contributed by atoms with Gasteiger partial charge in [-0.15, -0.1) is 11.8 Å². The van der Waals surface area contributed by atoms with Gasteiger partial charge in [0.05, 0.1) is 6.10 Å². The molecule has 1 aliphatic rings. The molecule has 0 spiro atoms. The molecule has 4 heteroatoms. The molecule has 1 aromatic carbocycles. The summed E-state index contributed by atoms with van der Waals surface area (Å²) in [7, 11) is 0. The van der Waals surface area contributed by atoms with E-state index in [1.807, 2.05) is 31.4 Å². The highest BCUT2D eigenvalue weighted by atomic mass is 32.2. The molecule has 1 saturated carbocycles. The van der Waals surface area contributed by atoms with E-state index in [0.29, 0.717) is 18.0 Å². The number of amides is 1. The van der Waals surface area contributed by atoms with Crippen LogP contribution >= 0.6 is 11.8 Å². The largest absolute Gasteiger partial charge is 0.391 e. The van der Waals surface area contributed by atoms with Gasteiger partial charge >= 0.3 is 0 Å². The first-order chi connectivity index (χ1) is 8.61. The van der Waals surface area contributed by atoms with Gasteiger partial charge in [0.15, 0.2) is 0 Å². The average molecular weight is 265 g/mol. The van der Waals surface area contributed by atoms with Crippen LogP contribution in [-0.4, -0.2) is 29.9 Å². The van der Waals surface area contributed by atoms with E-state index in [1.165, 1.54) is 0 Å². The van der Waals surface area contributed by atoms with E-state index in [4.69, 9.17) is 0 Å². The Kier molecular flexibility index (Phi) is 4.30. The minimum Gasteiger partial charge on any atom is -0.391 e. The lowest BCUT2D eigenvalue weighted by Crippen LogP contribution is -2.33. The average Bonchev–Trinajstić information content (AvgIpc) is 3.20. The summed E-state index contributed by atoms with van der Waals surface area (Å²) in [6, 6.07) is 5.87. The SMILES string of the molecule is CSc1ccc(C)c(C(=O)NCC(O)C2CC2)c1. The van der Waals surface area contributed by atoms with E-state index in [1.54, 1.807) is 11.8 Å². The molecule has 1 aliphatic carbocycles. The second-order valence-electron chi connectivity index (χ2n) is 4.80. The van der Waals surface area contributed by atoms with E-state index in [0.717, 1.165) is 23.3 Å². The maximum absolute atomic E-state index is 12.0. The van der Waals surface area contributed by atoms with Crippen molar-refractivity contribution in [1.82, 2.24) is 5.32 Å². The van der Waals surface area contributed by atoms with Crippen LogP contribution in [0.25, 0.3) is 0 Å². The van der Waals surface area contributed by atoms with Crippen LogP contribution < -0.4 is 5.32 Å². The molecule has 3 nitrogen and oxygen atoms in total. The second-order valence-corrected chi connectivity index (χ2v) is 5.68. The minimum absolute atomic E-state index is 0.0944. The molecule has 1 unspecified atom stereocenters. The zero-order valence-corrected chi connectivity index (χ0v) is 11.6. The molecular weight excluding hydrogens is 246 g/mol. The minimum atomic E-state index is -0.391. The number of hydrogen-bond donors (Lipinski definition) is 2. The number of nitrogens with one attached hydrogen (secondary N) is 1. The number of aliphatic hydroxyl groups excluding tert-OH is 1. The number of aliphatic hydroxyl groups is 1. The smallest absolute Gasteiger partial charge is 0.251 e. The van der Waals surface area contributed by atoms with Crippen LogP contribution in [0.5, 0.6) is 0 Å². The Labute approximate surface area is 112 Å². The van der Waals surface area contributed by atoms with Crippen LogP contribution in [0.4, 0.5) is 0 Å². The van der Waals surface area contributed by atoms with Gasteiger partial charge < -0.3 is 10.4 Å². The van der Waals surface area contributed by atoms with Crippen LogP contribution in [0.3, 0.4) is 0 Å². The predicted octanol–water partition coefficient (Wildman–Crippen LogP) is 2.22. The first kappa shape index (κ1) is 13.4. The Morgan fingerprint density at radius 2 is 2.28 bits per heavy atom. The van der Waals surface area contributed by atoms with Crippen molar-refractivity contribution in [2.75, 3.05) is 12.8 Å². The molecule has 1 amide bonds. The van der Waals surface area contributed by atoms with Crippen molar-refractivity contribution >= 4 is 17.7 Å². The lowest BCUT2D eigenvalue weighted by molar-refractivity contribution is 0.0900. The van der Waals surface area contributed by atoms with Crippen molar-refractivity contribution in [3.05, 3.63) is 29.3 Å². The van der Waals surface area contributed by atoms with Crippen molar-refractivity contribution < 1.29 is 9.90 Å². The van der Waals surface area contributed by atoms with Gasteiger partial charge in [-0.25, -0.2) is 0 Å². The molecular formula is C14H19NO2S. The van der Waals surface area contributed by atoms with E-state index < -0.39 is 6.10 Å². The molecule has 1 aromatic rings. The molecule has 0 aromatic heterocycles. The Balaban J connectivity index is 1.98. The fraction of sp³-hybridized carbons (Fsp3) is 0.500. The van der Waals surface area contributed by atoms with Gasteiger partial charge in [-0.3, -0.25) is 4.79 Å². The molecule has 0 bridgehead atoms. The summed E-state index contributed by atoms with van der Waals surface area (Å²) in [4.78, 5) is 13.1. The van der Waals surface area contributed by atoms with Crippen molar-refractivity contribution in [2.45, 2.75) is 30.8 Å². The van der Waals surface area contributed by atoms with Gasteiger partial charge in [0.25, 0.3) is 5.91 Å². The normalized spacial score (nSPS) is 16.4. The summed E-state index contributed by atoms with van der Waals surface area (Å²) in [5, 5.41) is 12.5. The van der Waals surface area contributed by atoms with Gasteiger partial charge in [-0.2, -0.15) is 0 Å². The van der Waals surface area contributed by atoms with Crippen molar-refractivity contribution in [3.63, 3.8) is 0 Å². The summed E-state index contributed by atoms with van der Waals surface area (Å²) < 4.78 is 0. The molecule has 1 atom stereocenters. The van der Waals surface area contributed by atoms with Crippen molar-refractivity contribution in [1.29, 1.82) is 0 Å². The van der Waals surface area contributed by atoms with Crippen LogP contribution in [0, 0.1) is 12.8 Å². The third-order valence-electron chi connectivity index (χ3n) is 3.33. The third-order valence-corrected chi connectivity index (χ3v) is 4.05. The van der Waals surface area contributed by atoms with Gasteiger partial charge in [-0.05, 0) is 49.6 Å². The molecule has 2 N–H and O–H groups in total. The number of carbonyl (C=O) groups is 1. The molecule has 1 fully saturated rings. The number of benzene rings is 1. The fourth-order valence-corrected chi connectivity index (χ4v) is 2.35. The standard InChI is InChI=1S/C14H19NO2S/c1-9-3-6-11(18-2)7-12(9)14(17)15-8-13(16)10-4-5-10/h3,6-7,10,13,16H,4-5,8H2,1-2H3,(H,15,17). The number of carbonyl (C=O) groups excluding carboxylic acids is 1. The lowest BCUT2D eigenvalue weighted by atomic mass is 10.1. The molecule has 98 valence electrons. The molecule has 0 heterocycles. The van der Waals surface area contributed by atoms with E-state index in [2.05, 4.69) is 5.32 Å². The highest BCUT2D eigenvalue weighted by molar-refractivity contribution is 7.98. The first-order valence-electron chi connectivity index (χ1n) is 6.22. The molecule has 0 saturated heterocycles. The van der Waals surface area contributed by atoms with Gasteiger partial charge in [0.2, 0.25) is 0 Å². The zero-order chi connectivity index (χ0) is 13.1. The summed E-state index contributed by atoms with van der Waals surface area (Å²) in [6.07, 6.45) is 3.76. The monoisotopic (exact) mass is 265 g/mol. The zero-order valence-electron chi connectivity index (χ0n) is 10.8. The van der Waals surface area contributed by atoms with Gasteiger partial charge in [-0.1, -0.05) is 6.07 Å². The number of rotatable bonds is 5. The Morgan fingerprint density at radius 3 is 2.89 bits per heavy atom. The second kappa shape index (κ2) is 5.76. The quantitative estimate of drug-likeness (QED) is 0.803. The van der Waals surface area contributed by atoms with Gasteiger partial charge in [0, 0.05) is 17.0 Å².